The average Bonchev–Trinajstić information content (AvgIpc) is 2.69. The van der Waals surface area contributed by atoms with E-state index in [2.05, 4.69) is 29.2 Å². The number of benzene rings is 2. The molecule has 3 nitrogen and oxygen atoms in total. The Morgan fingerprint density at radius 2 is 1.62 bits per heavy atom. The first-order valence-electron chi connectivity index (χ1n) is 7.48. The lowest BCUT2D eigenvalue weighted by atomic mass is 10.0. The van der Waals surface area contributed by atoms with Crippen molar-refractivity contribution in [3.05, 3.63) is 59.2 Å². The van der Waals surface area contributed by atoms with Crippen LogP contribution in [0, 0.1) is 0 Å². The van der Waals surface area contributed by atoms with Gasteiger partial charge in [0.05, 0.1) is 6.10 Å². The molecular formula is C18H21NO2. The fraction of sp³-hybridized carbons (Fsp3) is 0.333. The van der Waals surface area contributed by atoms with Crippen LogP contribution in [0.15, 0.2) is 42.5 Å². The van der Waals surface area contributed by atoms with Crippen LogP contribution in [-0.2, 0) is 12.8 Å². The minimum atomic E-state index is -0.646. The molecule has 3 heteroatoms. The Kier molecular flexibility index (Phi) is 3.84. The summed E-state index contributed by atoms with van der Waals surface area (Å²) in [5.74, 6) is 0.171. The summed E-state index contributed by atoms with van der Waals surface area (Å²) in [4.78, 5) is 2.30. The van der Waals surface area contributed by atoms with E-state index in [9.17, 15) is 10.2 Å². The topological polar surface area (TPSA) is 43.7 Å². The lowest BCUT2D eigenvalue weighted by Crippen LogP contribution is -2.25. The molecule has 0 saturated heterocycles. The second-order valence-corrected chi connectivity index (χ2v) is 5.67. The SMILES string of the molecule is CC(O)c1ccc(N2CCc3ccccc3CC2)cc1O. The van der Waals surface area contributed by atoms with Crippen molar-refractivity contribution < 1.29 is 10.2 Å². The predicted octanol–water partition coefficient (Wildman–Crippen LogP) is 3.05. The van der Waals surface area contributed by atoms with Crippen LogP contribution in [0.3, 0.4) is 0 Å². The zero-order valence-corrected chi connectivity index (χ0v) is 12.3. The number of phenolic OH excluding ortho intramolecular Hbond substituents is 1. The zero-order chi connectivity index (χ0) is 14.8. The first-order valence-corrected chi connectivity index (χ1v) is 7.48. The monoisotopic (exact) mass is 283 g/mol. The Hall–Kier alpha value is -2.00. The quantitative estimate of drug-likeness (QED) is 0.890. The number of hydrogen-bond acceptors (Lipinski definition) is 3. The van der Waals surface area contributed by atoms with Gasteiger partial charge < -0.3 is 15.1 Å². The van der Waals surface area contributed by atoms with E-state index in [0.717, 1.165) is 31.6 Å². The van der Waals surface area contributed by atoms with Crippen molar-refractivity contribution in [2.75, 3.05) is 18.0 Å². The summed E-state index contributed by atoms with van der Waals surface area (Å²) >= 11 is 0. The summed E-state index contributed by atoms with van der Waals surface area (Å²) in [6, 6.07) is 14.2. The van der Waals surface area contributed by atoms with Crippen LogP contribution in [-0.4, -0.2) is 23.3 Å². The molecule has 0 aliphatic carbocycles. The molecule has 2 N–H and O–H groups in total. The molecule has 21 heavy (non-hydrogen) atoms. The Bertz CT molecular complexity index is 610. The number of aliphatic hydroxyl groups excluding tert-OH is 1. The highest BCUT2D eigenvalue weighted by Crippen LogP contribution is 2.30. The van der Waals surface area contributed by atoms with Gasteiger partial charge in [0.15, 0.2) is 0 Å². The van der Waals surface area contributed by atoms with Crippen molar-refractivity contribution in [1.29, 1.82) is 0 Å². The molecule has 0 radical (unpaired) electrons. The standard InChI is InChI=1S/C18H21NO2/c1-13(20)17-7-6-16(12-18(17)21)19-10-8-14-4-2-3-5-15(14)9-11-19/h2-7,12-13,20-21H,8-11H2,1H3. The smallest absolute Gasteiger partial charge is 0.123 e. The first-order chi connectivity index (χ1) is 10.1. The van der Waals surface area contributed by atoms with Gasteiger partial charge >= 0.3 is 0 Å². The molecule has 0 aromatic heterocycles. The van der Waals surface area contributed by atoms with E-state index >= 15 is 0 Å². The van der Waals surface area contributed by atoms with Crippen LogP contribution < -0.4 is 4.90 Å². The number of aliphatic hydroxyl groups is 1. The van der Waals surface area contributed by atoms with Crippen molar-refractivity contribution >= 4 is 5.69 Å². The minimum absolute atomic E-state index is 0.171. The van der Waals surface area contributed by atoms with E-state index in [1.807, 2.05) is 12.1 Å². The molecule has 0 spiro atoms. The molecule has 1 aliphatic rings. The highest BCUT2D eigenvalue weighted by molar-refractivity contribution is 5.54. The summed E-state index contributed by atoms with van der Waals surface area (Å²) in [7, 11) is 0. The normalized spacial score (nSPS) is 16.2. The van der Waals surface area contributed by atoms with Gasteiger partial charge in [0.1, 0.15) is 5.75 Å². The van der Waals surface area contributed by atoms with Crippen LogP contribution in [0.4, 0.5) is 5.69 Å². The maximum Gasteiger partial charge on any atom is 0.123 e. The summed E-state index contributed by atoms with van der Waals surface area (Å²) in [6.45, 7) is 3.56. The van der Waals surface area contributed by atoms with Gasteiger partial charge in [0, 0.05) is 30.4 Å². The number of nitrogens with zero attached hydrogens (tertiary/aromatic N) is 1. The molecule has 110 valence electrons. The Morgan fingerprint density at radius 1 is 1.00 bits per heavy atom. The van der Waals surface area contributed by atoms with E-state index in [1.165, 1.54) is 11.1 Å². The Balaban J connectivity index is 1.81. The molecule has 0 fully saturated rings. The van der Waals surface area contributed by atoms with Gasteiger partial charge in [0.25, 0.3) is 0 Å². The van der Waals surface area contributed by atoms with Gasteiger partial charge in [-0.05, 0) is 37.0 Å². The van der Waals surface area contributed by atoms with Crippen LogP contribution in [0.2, 0.25) is 0 Å². The number of aromatic hydroxyl groups is 1. The fourth-order valence-electron chi connectivity index (χ4n) is 3.01. The maximum atomic E-state index is 10.0. The van der Waals surface area contributed by atoms with Crippen molar-refractivity contribution in [2.45, 2.75) is 25.9 Å². The maximum absolute atomic E-state index is 10.0. The van der Waals surface area contributed by atoms with Crippen LogP contribution in [0.1, 0.15) is 29.7 Å². The lowest BCUT2D eigenvalue weighted by molar-refractivity contribution is 0.195. The molecular weight excluding hydrogens is 262 g/mol. The Labute approximate surface area is 125 Å². The summed E-state index contributed by atoms with van der Waals surface area (Å²) in [5, 5.41) is 19.6. The van der Waals surface area contributed by atoms with Crippen molar-refractivity contribution in [2.24, 2.45) is 0 Å². The van der Waals surface area contributed by atoms with Crippen LogP contribution in [0.25, 0.3) is 0 Å². The predicted molar refractivity (Wildman–Crippen MR) is 84.8 cm³/mol. The number of hydrogen-bond donors (Lipinski definition) is 2. The largest absolute Gasteiger partial charge is 0.507 e. The molecule has 2 aromatic rings. The zero-order valence-electron chi connectivity index (χ0n) is 12.3. The van der Waals surface area contributed by atoms with E-state index in [0.29, 0.717) is 5.56 Å². The molecule has 0 amide bonds. The molecule has 0 saturated carbocycles. The summed E-state index contributed by atoms with van der Waals surface area (Å²) in [5.41, 5.74) is 4.44. The molecule has 1 unspecified atom stereocenters. The fourth-order valence-corrected chi connectivity index (χ4v) is 3.01. The van der Waals surface area contributed by atoms with Crippen molar-refractivity contribution in [1.82, 2.24) is 0 Å². The molecule has 2 aromatic carbocycles. The van der Waals surface area contributed by atoms with Gasteiger partial charge in [-0.2, -0.15) is 0 Å². The minimum Gasteiger partial charge on any atom is -0.507 e. The van der Waals surface area contributed by atoms with Crippen molar-refractivity contribution in [3.63, 3.8) is 0 Å². The summed E-state index contributed by atoms with van der Waals surface area (Å²) in [6.07, 6.45) is 1.40. The van der Waals surface area contributed by atoms with Gasteiger partial charge in [-0.25, -0.2) is 0 Å². The van der Waals surface area contributed by atoms with E-state index in [1.54, 1.807) is 13.0 Å². The first kappa shape index (κ1) is 14.0. The van der Waals surface area contributed by atoms with Gasteiger partial charge in [0.2, 0.25) is 0 Å². The third kappa shape index (κ3) is 2.88. The highest BCUT2D eigenvalue weighted by atomic mass is 16.3. The number of fused-ring (bicyclic) bond motifs is 1. The van der Waals surface area contributed by atoms with Gasteiger partial charge in [-0.15, -0.1) is 0 Å². The average molecular weight is 283 g/mol. The van der Waals surface area contributed by atoms with Crippen LogP contribution in [0.5, 0.6) is 5.75 Å². The third-order valence-corrected chi connectivity index (χ3v) is 4.25. The number of rotatable bonds is 2. The molecule has 1 atom stereocenters. The van der Waals surface area contributed by atoms with Gasteiger partial charge in [-0.3, -0.25) is 0 Å². The summed E-state index contributed by atoms with van der Waals surface area (Å²) < 4.78 is 0. The van der Waals surface area contributed by atoms with Crippen molar-refractivity contribution in [3.8, 4) is 5.75 Å². The molecule has 3 rings (SSSR count). The number of anilines is 1. The van der Waals surface area contributed by atoms with Gasteiger partial charge in [-0.1, -0.05) is 30.3 Å². The molecule has 1 heterocycles. The second-order valence-electron chi connectivity index (χ2n) is 5.67. The second kappa shape index (κ2) is 5.78. The Morgan fingerprint density at radius 3 is 2.14 bits per heavy atom. The highest BCUT2D eigenvalue weighted by Gasteiger charge is 2.16. The van der Waals surface area contributed by atoms with E-state index in [4.69, 9.17) is 0 Å². The molecule has 0 bridgehead atoms. The number of phenols is 1. The molecule has 1 aliphatic heterocycles. The third-order valence-electron chi connectivity index (χ3n) is 4.25. The lowest BCUT2D eigenvalue weighted by Gasteiger charge is -2.23. The van der Waals surface area contributed by atoms with Crippen LogP contribution >= 0.6 is 0 Å². The van der Waals surface area contributed by atoms with E-state index in [-0.39, 0.29) is 5.75 Å². The van der Waals surface area contributed by atoms with E-state index < -0.39 is 6.10 Å².